The lowest BCUT2D eigenvalue weighted by Gasteiger charge is -2.18. The molecule has 0 atom stereocenters. The minimum Gasteiger partial charge on any atom is -0.504 e. The molecule has 0 aliphatic rings. The standard InChI is InChI=1S/C15H18O6/c1-9(8-12(17)21-15(2,3)4)14(19)20-11-7-5-6-10(16)13(11)18/h5-8,16,18H,1-4H3/b9-8+. The molecule has 1 aromatic rings. The van der Waals surface area contributed by atoms with Crippen LogP contribution in [-0.2, 0) is 14.3 Å². The Hall–Kier alpha value is -2.50. The molecule has 0 saturated heterocycles. The second kappa shape index (κ2) is 6.30. The first-order valence-corrected chi connectivity index (χ1v) is 6.24. The van der Waals surface area contributed by atoms with Crippen LogP contribution in [0, 0.1) is 0 Å². The minimum atomic E-state index is -0.832. The van der Waals surface area contributed by atoms with Gasteiger partial charge in [-0.25, -0.2) is 9.59 Å². The number of rotatable bonds is 3. The van der Waals surface area contributed by atoms with Crippen LogP contribution in [0.15, 0.2) is 29.8 Å². The van der Waals surface area contributed by atoms with Crippen molar-refractivity contribution in [3.63, 3.8) is 0 Å². The first-order chi connectivity index (χ1) is 9.60. The molecule has 6 nitrogen and oxygen atoms in total. The Labute approximate surface area is 122 Å². The number of ether oxygens (including phenoxy) is 2. The van der Waals surface area contributed by atoms with E-state index in [4.69, 9.17) is 9.47 Å². The highest BCUT2D eigenvalue weighted by molar-refractivity contribution is 5.97. The summed E-state index contributed by atoms with van der Waals surface area (Å²) in [5.41, 5.74) is -0.659. The maximum Gasteiger partial charge on any atom is 0.339 e. The van der Waals surface area contributed by atoms with Gasteiger partial charge in [-0.05, 0) is 39.8 Å². The predicted molar refractivity (Wildman–Crippen MR) is 75.0 cm³/mol. The lowest BCUT2D eigenvalue weighted by Crippen LogP contribution is -2.23. The number of aromatic hydroxyl groups is 2. The third kappa shape index (κ3) is 5.18. The summed E-state index contributed by atoms with van der Waals surface area (Å²) < 4.78 is 9.93. The zero-order valence-electron chi connectivity index (χ0n) is 12.3. The molecular weight excluding hydrogens is 276 g/mol. The maximum absolute atomic E-state index is 11.8. The molecule has 2 N–H and O–H groups in total. The first-order valence-electron chi connectivity index (χ1n) is 6.24. The quantitative estimate of drug-likeness (QED) is 0.384. The van der Waals surface area contributed by atoms with Gasteiger partial charge in [0.2, 0.25) is 5.75 Å². The highest BCUT2D eigenvalue weighted by Crippen LogP contribution is 2.34. The molecule has 21 heavy (non-hydrogen) atoms. The van der Waals surface area contributed by atoms with E-state index >= 15 is 0 Å². The molecule has 1 aromatic carbocycles. The third-order valence-corrected chi connectivity index (χ3v) is 2.24. The number of benzene rings is 1. The van der Waals surface area contributed by atoms with Gasteiger partial charge in [0.05, 0.1) is 0 Å². The zero-order chi connectivity index (χ0) is 16.2. The van der Waals surface area contributed by atoms with E-state index in [-0.39, 0.29) is 11.3 Å². The van der Waals surface area contributed by atoms with E-state index in [9.17, 15) is 19.8 Å². The van der Waals surface area contributed by atoms with Crippen molar-refractivity contribution in [1.82, 2.24) is 0 Å². The summed E-state index contributed by atoms with van der Waals surface area (Å²) >= 11 is 0. The topological polar surface area (TPSA) is 93.1 Å². The van der Waals surface area contributed by atoms with Gasteiger partial charge >= 0.3 is 11.9 Å². The van der Waals surface area contributed by atoms with E-state index in [0.29, 0.717) is 0 Å². The smallest absolute Gasteiger partial charge is 0.339 e. The van der Waals surface area contributed by atoms with Crippen LogP contribution in [0.2, 0.25) is 0 Å². The van der Waals surface area contributed by atoms with Gasteiger partial charge in [0.15, 0.2) is 11.5 Å². The maximum atomic E-state index is 11.8. The van der Waals surface area contributed by atoms with Gasteiger partial charge in [0, 0.05) is 11.6 Å². The van der Waals surface area contributed by atoms with Crippen molar-refractivity contribution in [2.45, 2.75) is 33.3 Å². The van der Waals surface area contributed by atoms with Crippen LogP contribution in [0.1, 0.15) is 27.7 Å². The lowest BCUT2D eigenvalue weighted by molar-refractivity contribution is -0.149. The second-order valence-corrected chi connectivity index (χ2v) is 5.37. The summed E-state index contributed by atoms with van der Waals surface area (Å²) in [5.74, 6) is -2.65. The molecule has 114 valence electrons. The number of carbonyl (C=O) groups excluding carboxylic acids is 2. The van der Waals surface area contributed by atoms with Gasteiger partial charge in [0.25, 0.3) is 0 Å². The van der Waals surface area contributed by atoms with Crippen molar-refractivity contribution in [2.75, 3.05) is 0 Å². The van der Waals surface area contributed by atoms with Crippen LogP contribution in [0.25, 0.3) is 0 Å². The van der Waals surface area contributed by atoms with Crippen LogP contribution < -0.4 is 4.74 Å². The fraction of sp³-hybridized carbons (Fsp3) is 0.333. The van der Waals surface area contributed by atoms with Gasteiger partial charge in [-0.15, -0.1) is 0 Å². The summed E-state index contributed by atoms with van der Waals surface area (Å²) in [6.07, 6.45) is 1.01. The predicted octanol–water partition coefficient (Wildman–Crippen LogP) is 2.29. The molecule has 1 rings (SSSR count). The van der Waals surface area contributed by atoms with E-state index in [1.807, 2.05) is 0 Å². The van der Waals surface area contributed by atoms with Crippen LogP contribution in [-0.4, -0.2) is 27.8 Å². The highest BCUT2D eigenvalue weighted by atomic mass is 16.6. The van der Waals surface area contributed by atoms with Crippen LogP contribution in [0.5, 0.6) is 17.2 Å². The van der Waals surface area contributed by atoms with Gasteiger partial charge in [-0.2, -0.15) is 0 Å². The normalized spacial score (nSPS) is 11.9. The average Bonchev–Trinajstić information content (AvgIpc) is 2.32. The van der Waals surface area contributed by atoms with E-state index in [1.54, 1.807) is 20.8 Å². The lowest BCUT2D eigenvalue weighted by atomic mass is 10.2. The van der Waals surface area contributed by atoms with Gasteiger partial charge in [-0.1, -0.05) is 6.07 Å². The number of esters is 2. The Kier molecular flexibility index (Phi) is 4.97. The van der Waals surface area contributed by atoms with Crippen molar-refractivity contribution in [2.24, 2.45) is 0 Å². The van der Waals surface area contributed by atoms with E-state index < -0.39 is 29.0 Å². The number of phenols is 2. The Morgan fingerprint density at radius 1 is 1.19 bits per heavy atom. The number of carbonyl (C=O) groups is 2. The number of para-hydroxylation sites is 1. The second-order valence-electron chi connectivity index (χ2n) is 5.37. The van der Waals surface area contributed by atoms with Crippen molar-refractivity contribution >= 4 is 11.9 Å². The van der Waals surface area contributed by atoms with E-state index in [2.05, 4.69) is 0 Å². The summed E-state index contributed by atoms with van der Waals surface area (Å²) in [6, 6.07) is 3.97. The highest BCUT2D eigenvalue weighted by Gasteiger charge is 2.18. The number of hydrogen-bond acceptors (Lipinski definition) is 6. The molecule has 0 aliphatic carbocycles. The molecule has 0 bridgehead atoms. The summed E-state index contributed by atoms with van der Waals surface area (Å²) in [6.45, 7) is 6.50. The molecule has 0 heterocycles. The molecule has 0 spiro atoms. The fourth-order valence-electron chi connectivity index (χ4n) is 1.34. The van der Waals surface area contributed by atoms with Crippen molar-refractivity contribution < 1.29 is 29.3 Å². The largest absolute Gasteiger partial charge is 0.504 e. The third-order valence-electron chi connectivity index (χ3n) is 2.24. The summed E-state index contributed by atoms with van der Waals surface area (Å²) in [4.78, 5) is 23.3. The first kappa shape index (κ1) is 16.6. The number of phenolic OH excluding ortho intramolecular Hbond substituents is 2. The Morgan fingerprint density at radius 2 is 1.81 bits per heavy atom. The molecule has 0 aliphatic heterocycles. The fourth-order valence-corrected chi connectivity index (χ4v) is 1.34. The van der Waals surface area contributed by atoms with Crippen molar-refractivity contribution in [1.29, 1.82) is 0 Å². The minimum absolute atomic E-state index is 0.00647. The van der Waals surface area contributed by atoms with Gasteiger partial charge in [-0.3, -0.25) is 0 Å². The zero-order valence-corrected chi connectivity index (χ0v) is 12.3. The SMILES string of the molecule is C/C(=C\C(=O)OC(C)(C)C)C(=O)Oc1cccc(O)c1O. The molecule has 0 unspecified atom stereocenters. The molecule has 0 aromatic heterocycles. The van der Waals surface area contributed by atoms with E-state index in [0.717, 1.165) is 6.08 Å². The van der Waals surface area contributed by atoms with Crippen molar-refractivity contribution in [3.8, 4) is 17.2 Å². The molecule has 0 radical (unpaired) electrons. The van der Waals surface area contributed by atoms with E-state index in [1.165, 1.54) is 25.1 Å². The van der Waals surface area contributed by atoms with Crippen molar-refractivity contribution in [3.05, 3.63) is 29.8 Å². The molecule has 0 fully saturated rings. The van der Waals surface area contributed by atoms with Gasteiger partial charge < -0.3 is 19.7 Å². The Balaban J connectivity index is 2.79. The molecule has 0 saturated carbocycles. The van der Waals surface area contributed by atoms with Crippen LogP contribution in [0.4, 0.5) is 0 Å². The van der Waals surface area contributed by atoms with Crippen LogP contribution in [0.3, 0.4) is 0 Å². The monoisotopic (exact) mass is 294 g/mol. The summed E-state index contributed by atoms with van der Waals surface area (Å²) in [5, 5.41) is 18.8. The van der Waals surface area contributed by atoms with Gasteiger partial charge in [0.1, 0.15) is 5.60 Å². The summed E-state index contributed by atoms with van der Waals surface area (Å²) in [7, 11) is 0. The molecular formula is C15H18O6. The molecule has 0 amide bonds. The number of hydrogen-bond donors (Lipinski definition) is 2. The van der Waals surface area contributed by atoms with Crippen LogP contribution >= 0.6 is 0 Å². The Morgan fingerprint density at radius 3 is 2.38 bits per heavy atom. The molecule has 6 heteroatoms. The average molecular weight is 294 g/mol. The Bertz CT molecular complexity index is 580.